The number of alkyl halides is 2. The molecule has 21 heavy (non-hydrogen) atoms. The minimum atomic E-state index is -2.90. The number of nitrogens with zero attached hydrogens (tertiary/aromatic N) is 1. The number of ether oxygens (including phenoxy) is 2. The number of fused-ring (bicyclic) bond motifs is 2. The van der Waals surface area contributed by atoms with Gasteiger partial charge in [-0.05, 0) is 26.0 Å². The van der Waals surface area contributed by atoms with Gasteiger partial charge >= 0.3 is 6.61 Å². The molecule has 0 aromatic heterocycles. The number of aliphatic hydroxyl groups is 1. The Hall–Kier alpha value is -1.24. The third-order valence-corrected chi connectivity index (χ3v) is 4.52. The molecule has 2 fully saturated rings. The molecule has 0 spiro atoms. The van der Waals surface area contributed by atoms with Crippen LogP contribution < -0.4 is 4.74 Å². The zero-order valence-electron chi connectivity index (χ0n) is 11.8. The number of morpholine rings is 1. The zero-order valence-corrected chi connectivity index (χ0v) is 11.8. The molecule has 2 aliphatic heterocycles. The summed E-state index contributed by atoms with van der Waals surface area (Å²) in [6.07, 6.45) is 0.896. The molecular weight excluding hydrogens is 280 g/mol. The third-order valence-electron chi connectivity index (χ3n) is 4.52. The molecule has 2 atom stereocenters. The first-order valence-corrected chi connectivity index (χ1v) is 7.06. The Morgan fingerprint density at radius 3 is 2.52 bits per heavy atom. The van der Waals surface area contributed by atoms with Crippen molar-refractivity contribution in [1.82, 2.24) is 4.90 Å². The molecule has 2 heterocycles. The predicted octanol–water partition coefficient (Wildman–Crippen LogP) is 1.97. The molecule has 4 nitrogen and oxygen atoms in total. The quantitative estimate of drug-likeness (QED) is 0.926. The van der Waals surface area contributed by atoms with Gasteiger partial charge in [0.05, 0.1) is 18.8 Å². The molecular formula is C15H19F2NO3. The highest BCUT2D eigenvalue weighted by atomic mass is 19.3. The van der Waals surface area contributed by atoms with E-state index in [1.807, 2.05) is 7.05 Å². The second kappa shape index (κ2) is 5.51. The van der Waals surface area contributed by atoms with Crippen LogP contribution in [0, 0.1) is 0 Å². The van der Waals surface area contributed by atoms with E-state index in [0.29, 0.717) is 31.6 Å². The summed E-state index contributed by atoms with van der Waals surface area (Å²) >= 11 is 0. The topological polar surface area (TPSA) is 41.9 Å². The number of likely N-dealkylation sites (N-methyl/N-ethyl adjacent to an activating group) is 1. The van der Waals surface area contributed by atoms with Crippen LogP contribution in [-0.4, -0.2) is 49.0 Å². The molecule has 1 aromatic carbocycles. The number of para-hydroxylation sites is 1. The van der Waals surface area contributed by atoms with E-state index >= 15 is 0 Å². The standard InChI is InChI=1S/C15H19F2NO3/c1-18-10-6-15(19,7-11(18)9-20-8-10)12-4-2-3-5-13(12)21-14(16)17/h2-5,10-11,14,19H,6-9H2,1H3. The Morgan fingerprint density at radius 1 is 1.29 bits per heavy atom. The largest absolute Gasteiger partial charge is 0.434 e. The highest BCUT2D eigenvalue weighted by molar-refractivity contribution is 5.39. The summed E-state index contributed by atoms with van der Waals surface area (Å²) in [7, 11) is 2.01. The van der Waals surface area contributed by atoms with Crippen LogP contribution in [0.15, 0.2) is 24.3 Å². The molecule has 116 valence electrons. The fourth-order valence-electron chi connectivity index (χ4n) is 3.41. The molecule has 6 heteroatoms. The average Bonchev–Trinajstić information content (AvgIpc) is 2.41. The van der Waals surface area contributed by atoms with Crippen molar-refractivity contribution in [2.75, 3.05) is 20.3 Å². The summed E-state index contributed by atoms with van der Waals surface area (Å²) in [5.74, 6) is 0.0542. The van der Waals surface area contributed by atoms with E-state index in [1.54, 1.807) is 18.2 Å². The van der Waals surface area contributed by atoms with Crippen molar-refractivity contribution in [3.8, 4) is 5.75 Å². The van der Waals surface area contributed by atoms with E-state index in [1.165, 1.54) is 6.07 Å². The van der Waals surface area contributed by atoms with Crippen LogP contribution in [0.1, 0.15) is 18.4 Å². The second-order valence-corrected chi connectivity index (χ2v) is 5.83. The first kappa shape index (κ1) is 14.7. The first-order chi connectivity index (χ1) is 9.99. The number of hydrogen-bond acceptors (Lipinski definition) is 4. The van der Waals surface area contributed by atoms with Crippen LogP contribution in [0.25, 0.3) is 0 Å². The summed E-state index contributed by atoms with van der Waals surface area (Å²) in [4.78, 5) is 2.20. The lowest BCUT2D eigenvalue weighted by molar-refractivity contribution is -0.139. The molecule has 3 rings (SSSR count). The number of benzene rings is 1. The van der Waals surface area contributed by atoms with Gasteiger partial charge in [0.25, 0.3) is 0 Å². The molecule has 2 saturated heterocycles. The van der Waals surface area contributed by atoms with E-state index in [4.69, 9.17) is 4.74 Å². The maximum Gasteiger partial charge on any atom is 0.387 e. The Balaban J connectivity index is 1.92. The fraction of sp³-hybridized carbons (Fsp3) is 0.600. The van der Waals surface area contributed by atoms with E-state index < -0.39 is 12.2 Å². The van der Waals surface area contributed by atoms with Crippen LogP contribution in [0.5, 0.6) is 5.75 Å². The van der Waals surface area contributed by atoms with Gasteiger partial charge in [-0.15, -0.1) is 0 Å². The van der Waals surface area contributed by atoms with Crippen molar-refractivity contribution >= 4 is 0 Å². The fourth-order valence-corrected chi connectivity index (χ4v) is 3.41. The summed E-state index contributed by atoms with van der Waals surface area (Å²) < 4.78 is 35.2. The summed E-state index contributed by atoms with van der Waals surface area (Å²) in [6, 6.07) is 6.67. The number of hydrogen-bond donors (Lipinski definition) is 1. The second-order valence-electron chi connectivity index (χ2n) is 5.83. The maximum absolute atomic E-state index is 12.6. The molecule has 2 unspecified atom stereocenters. The van der Waals surface area contributed by atoms with Crippen molar-refractivity contribution in [3.05, 3.63) is 29.8 Å². The summed E-state index contributed by atoms with van der Waals surface area (Å²) in [6.45, 7) is -1.80. The van der Waals surface area contributed by atoms with Gasteiger partial charge in [-0.2, -0.15) is 8.78 Å². The van der Waals surface area contributed by atoms with Crippen LogP contribution >= 0.6 is 0 Å². The van der Waals surface area contributed by atoms with Gasteiger partial charge in [-0.3, -0.25) is 4.90 Å². The Labute approximate surface area is 122 Å². The van der Waals surface area contributed by atoms with E-state index in [-0.39, 0.29) is 17.8 Å². The lowest BCUT2D eigenvalue weighted by Crippen LogP contribution is -2.59. The molecule has 1 N–H and O–H groups in total. The summed E-state index contributed by atoms with van der Waals surface area (Å²) in [5, 5.41) is 11.1. The molecule has 0 aliphatic carbocycles. The highest BCUT2D eigenvalue weighted by Crippen LogP contribution is 2.43. The molecule has 0 saturated carbocycles. The van der Waals surface area contributed by atoms with Gasteiger partial charge in [-0.1, -0.05) is 18.2 Å². The minimum absolute atomic E-state index is 0.0542. The Morgan fingerprint density at radius 2 is 1.90 bits per heavy atom. The SMILES string of the molecule is CN1C2COCC1CC(O)(c1ccccc1OC(F)F)C2. The van der Waals surface area contributed by atoms with E-state index in [0.717, 1.165) is 0 Å². The molecule has 2 aliphatic rings. The molecule has 2 bridgehead atoms. The van der Waals surface area contributed by atoms with Crippen molar-refractivity contribution in [3.63, 3.8) is 0 Å². The van der Waals surface area contributed by atoms with Crippen molar-refractivity contribution in [2.24, 2.45) is 0 Å². The Bertz CT molecular complexity index is 497. The number of piperidine rings is 1. The minimum Gasteiger partial charge on any atom is -0.434 e. The first-order valence-electron chi connectivity index (χ1n) is 7.06. The van der Waals surface area contributed by atoms with Gasteiger partial charge in [0, 0.05) is 17.6 Å². The van der Waals surface area contributed by atoms with E-state index in [9.17, 15) is 13.9 Å². The van der Waals surface area contributed by atoms with Crippen molar-refractivity contribution in [2.45, 2.75) is 37.1 Å². The van der Waals surface area contributed by atoms with Crippen LogP contribution in [0.3, 0.4) is 0 Å². The molecule has 1 aromatic rings. The summed E-state index contributed by atoms with van der Waals surface area (Å²) in [5.41, 5.74) is -0.716. The molecule has 0 radical (unpaired) electrons. The average molecular weight is 299 g/mol. The predicted molar refractivity (Wildman–Crippen MR) is 72.4 cm³/mol. The number of halogens is 2. The highest BCUT2D eigenvalue weighted by Gasteiger charge is 2.46. The van der Waals surface area contributed by atoms with Gasteiger partial charge in [0.1, 0.15) is 5.75 Å². The van der Waals surface area contributed by atoms with Gasteiger partial charge in [-0.25, -0.2) is 0 Å². The smallest absolute Gasteiger partial charge is 0.387 e. The normalized spacial score (nSPS) is 33.2. The van der Waals surface area contributed by atoms with Crippen molar-refractivity contribution in [1.29, 1.82) is 0 Å². The maximum atomic E-state index is 12.6. The molecule has 0 amide bonds. The van der Waals surface area contributed by atoms with Crippen LogP contribution in [-0.2, 0) is 10.3 Å². The monoisotopic (exact) mass is 299 g/mol. The number of rotatable bonds is 3. The van der Waals surface area contributed by atoms with E-state index in [2.05, 4.69) is 9.64 Å². The lowest BCUT2D eigenvalue weighted by atomic mass is 9.77. The Kier molecular flexibility index (Phi) is 3.86. The van der Waals surface area contributed by atoms with Crippen LogP contribution in [0.2, 0.25) is 0 Å². The van der Waals surface area contributed by atoms with Gasteiger partial charge in [0.2, 0.25) is 0 Å². The van der Waals surface area contributed by atoms with Crippen LogP contribution in [0.4, 0.5) is 8.78 Å². The van der Waals surface area contributed by atoms with Crippen molar-refractivity contribution < 1.29 is 23.4 Å². The van der Waals surface area contributed by atoms with Gasteiger partial charge < -0.3 is 14.6 Å². The van der Waals surface area contributed by atoms with Gasteiger partial charge in [0.15, 0.2) is 0 Å². The lowest BCUT2D eigenvalue weighted by Gasteiger charge is -2.50. The third kappa shape index (κ3) is 2.75. The zero-order chi connectivity index (χ0) is 15.0.